The monoisotopic (exact) mass is 447 g/mol. The largest absolute Gasteiger partial charge is 0.278 e. The van der Waals surface area contributed by atoms with Gasteiger partial charge >= 0.3 is 0 Å². The molecule has 3 aromatic rings. The van der Waals surface area contributed by atoms with E-state index in [-0.39, 0.29) is 0 Å². The Hall–Kier alpha value is -3.98. The summed E-state index contributed by atoms with van der Waals surface area (Å²) in [6, 6.07) is 20.6. The summed E-state index contributed by atoms with van der Waals surface area (Å²) in [6.45, 7) is 18.6. The maximum Gasteiger partial charge on any atom is 0.139 e. The molecule has 0 radical (unpaired) electrons. The maximum absolute atomic E-state index is 5.04. The molecule has 0 saturated heterocycles. The third-order valence-corrected chi connectivity index (χ3v) is 5.55. The van der Waals surface area contributed by atoms with Gasteiger partial charge in [0.1, 0.15) is 11.7 Å². The zero-order valence-electron chi connectivity index (χ0n) is 20.8. The van der Waals surface area contributed by atoms with E-state index in [1.807, 2.05) is 68.5 Å². The zero-order chi connectivity index (χ0) is 24.7. The molecule has 0 unspecified atom stereocenters. The minimum atomic E-state index is 0.672. The minimum Gasteiger partial charge on any atom is -0.278 e. The number of allylic oxidation sites excluding steroid dienone is 4. The van der Waals surface area contributed by atoms with E-state index in [1.165, 1.54) is 5.56 Å². The summed E-state index contributed by atoms with van der Waals surface area (Å²) in [4.78, 5) is 12.0. The van der Waals surface area contributed by atoms with Gasteiger partial charge in [-0.3, -0.25) is 4.90 Å². The second-order valence-electron chi connectivity index (χ2n) is 8.33. The predicted molar refractivity (Wildman–Crippen MR) is 148 cm³/mol. The molecule has 2 aromatic carbocycles. The van der Waals surface area contributed by atoms with Gasteiger partial charge in [-0.1, -0.05) is 85.5 Å². The van der Waals surface area contributed by atoms with Crippen molar-refractivity contribution < 1.29 is 0 Å². The number of benzene rings is 2. The van der Waals surface area contributed by atoms with E-state index in [0.29, 0.717) is 11.5 Å². The van der Waals surface area contributed by atoms with Crippen LogP contribution in [0.5, 0.6) is 0 Å². The van der Waals surface area contributed by atoms with E-state index < -0.39 is 0 Å². The van der Waals surface area contributed by atoms with Crippen molar-refractivity contribution in [2.45, 2.75) is 34.6 Å². The third-order valence-electron chi connectivity index (χ3n) is 5.55. The smallest absolute Gasteiger partial charge is 0.139 e. The Kier molecular flexibility index (Phi) is 8.15. The van der Waals surface area contributed by atoms with Crippen LogP contribution in [0.4, 0.5) is 11.5 Å². The molecule has 34 heavy (non-hydrogen) atoms. The Morgan fingerprint density at radius 2 is 1.65 bits per heavy atom. The van der Waals surface area contributed by atoms with Crippen molar-refractivity contribution in [1.82, 2.24) is 4.98 Å². The minimum absolute atomic E-state index is 0.672. The lowest BCUT2D eigenvalue weighted by Gasteiger charge is -2.28. The van der Waals surface area contributed by atoms with E-state index >= 15 is 0 Å². The molecule has 0 atom stereocenters. The molecule has 0 saturated carbocycles. The molecule has 0 aliphatic rings. The fourth-order valence-corrected chi connectivity index (χ4v) is 3.94. The van der Waals surface area contributed by atoms with Gasteiger partial charge < -0.3 is 0 Å². The first-order valence-corrected chi connectivity index (χ1v) is 11.5. The topological polar surface area (TPSA) is 28.5 Å². The van der Waals surface area contributed by atoms with Gasteiger partial charge in [0.25, 0.3) is 0 Å². The number of rotatable bonds is 7. The summed E-state index contributed by atoms with van der Waals surface area (Å²) in [5.41, 5.74) is 8.18. The average Bonchev–Trinajstić information content (AvgIpc) is 2.84. The van der Waals surface area contributed by atoms with Gasteiger partial charge in [-0.25, -0.2) is 9.98 Å². The Bertz CT molecular complexity index is 1250. The molecule has 0 spiro atoms. The molecular weight excluding hydrogens is 414 g/mol. The van der Waals surface area contributed by atoms with Crippen LogP contribution in [0.1, 0.15) is 30.5 Å². The van der Waals surface area contributed by atoms with E-state index in [2.05, 4.69) is 63.1 Å². The SMILES string of the molecule is C=CC(=NC(=C)C(C)=C/C=C\C)N(c1cccc(-c2ccccc2)n1)c1c(C)cc(C)cc1C. The van der Waals surface area contributed by atoms with Crippen LogP contribution in [0, 0.1) is 20.8 Å². The molecule has 0 aliphatic heterocycles. The molecule has 1 aromatic heterocycles. The third kappa shape index (κ3) is 5.68. The summed E-state index contributed by atoms with van der Waals surface area (Å²) in [7, 11) is 0. The number of aliphatic imine (C=N–C) groups is 1. The highest BCUT2D eigenvalue weighted by Gasteiger charge is 2.21. The van der Waals surface area contributed by atoms with E-state index in [9.17, 15) is 0 Å². The number of amidine groups is 1. The molecule has 172 valence electrons. The lowest BCUT2D eigenvalue weighted by atomic mass is 10.0. The lowest BCUT2D eigenvalue weighted by molar-refractivity contribution is 1.16. The first-order chi connectivity index (χ1) is 16.3. The molecule has 0 fully saturated rings. The number of hydrogen-bond acceptors (Lipinski definition) is 2. The number of aryl methyl sites for hydroxylation is 3. The second-order valence-corrected chi connectivity index (χ2v) is 8.33. The van der Waals surface area contributed by atoms with Gasteiger partial charge in [0, 0.05) is 5.56 Å². The van der Waals surface area contributed by atoms with Crippen molar-refractivity contribution >= 4 is 17.3 Å². The van der Waals surface area contributed by atoms with Gasteiger partial charge in [0.05, 0.1) is 17.1 Å². The number of nitrogens with zero attached hydrogens (tertiary/aromatic N) is 3. The highest BCUT2D eigenvalue weighted by molar-refractivity contribution is 6.11. The van der Waals surface area contributed by atoms with Crippen molar-refractivity contribution in [3.8, 4) is 11.3 Å². The Balaban J connectivity index is 2.23. The van der Waals surface area contributed by atoms with Crippen LogP contribution in [0.25, 0.3) is 11.3 Å². The van der Waals surface area contributed by atoms with Gasteiger partial charge in [-0.05, 0) is 69.5 Å². The summed E-state index contributed by atoms with van der Waals surface area (Å²) < 4.78 is 0. The molecule has 0 N–H and O–H groups in total. The molecule has 0 amide bonds. The first kappa shape index (κ1) is 24.7. The first-order valence-electron chi connectivity index (χ1n) is 11.5. The fraction of sp³-hybridized carbons (Fsp3) is 0.161. The summed E-state index contributed by atoms with van der Waals surface area (Å²) >= 11 is 0. The molecule has 3 heteroatoms. The molecule has 3 rings (SSSR count). The fourth-order valence-electron chi connectivity index (χ4n) is 3.94. The molecule has 3 nitrogen and oxygen atoms in total. The van der Waals surface area contributed by atoms with Crippen LogP contribution in [0.3, 0.4) is 0 Å². The van der Waals surface area contributed by atoms with Crippen LogP contribution < -0.4 is 4.90 Å². The highest BCUT2D eigenvalue weighted by atomic mass is 15.2. The normalized spacial score (nSPS) is 12.1. The van der Waals surface area contributed by atoms with E-state index in [0.717, 1.165) is 39.5 Å². The maximum atomic E-state index is 5.04. The van der Waals surface area contributed by atoms with Crippen molar-refractivity contribution in [2.24, 2.45) is 4.99 Å². The van der Waals surface area contributed by atoms with Crippen molar-refractivity contribution in [2.75, 3.05) is 4.90 Å². The zero-order valence-corrected chi connectivity index (χ0v) is 20.8. The van der Waals surface area contributed by atoms with Crippen molar-refractivity contribution in [3.63, 3.8) is 0 Å². The summed E-state index contributed by atoms with van der Waals surface area (Å²) in [5.74, 6) is 1.45. The molecule has 0 aliphatic carbocycles. The molecule has 0 bridgehead atoms. The average molecular weight is 448 g/mol. The van der Waals surface area contributed by atoms with Crippen LogP contribution >= 0.6 is 0 Å². The van der Waals surface area contributed by atoms with Crippen LogP contribution in [-0.2, 0) is 0 Å². The van der Waals surface area contributed by atoms with Gasteiger partial charge in [0.2, 0.25) is 0 Å². The van der Waals surface area contributed by atoms with Gasteiger partial charge in [-0.15, -0.1) is 0 Å². The number of aromatic nitrogens is 1. The van der Waals surface area contributed by atoms with Crippen LogP contribution in [-0.4, -0.2) is 10.8 Å². The predicted octanol–water partition coefficient (Wildman–Crippen LogP) is 8.43. The Labute approximate surface area is 204 Å². The standard InChI is InChI=1S/C31H33N3/c1-8-10-15-23(4)26(7)32-29(9-2)34(31-24(5)20-22(3)21-25(31)6)30-19-14-18-28(33-30)27-16-12-11-13-17-27/h8-21H,2,7H2,1,3-6H3/b10-8-,23-15?,32-29?. The lowest BCUT2D eigenvalue weighted by Crippen LogP contribution is -2.27. The van der Waals surface area contributed by atoms with E-state index in [4.69, 9.17) is 9.98 Å². The van der Waals surface area contributed by atoms with Crippen LogP contribution in [0.2, 0.25) is 0 Å². The van der Waals surface area contributed by atoms with E-state index in [1.54, 1.807) is 6.08 Å². The van der Waals surface area contributed by atoms with Crippen molar-refractivity contribution in [3.05, 3.63) is 126 Å². The Morgan fingerprint density at radius 3 is 2.26 bits per heavy atom. The van der Waals surface area contributed by atoms with Gasteiger partial charge in [-0.2, -0.15) is 0 Å². The Morgan fingerprint density at radius 1 is 0.971 bits per heavy atom. The highest BCUT2D eigenvalue weighted by Crippen LogP contribution is 2.34. The summed E-state index contributed by atoms with van der Waals surface area (Å²) in [6.07, 6.45) is 7.75. The number of anilines is 2. The number of pyridine rings is 1. The summed E-state index contributed by atoms with van der Waals surface area (Å²) in [5, 5.41) is 0. The van der Waals surface area contributed by atoms with Crippen molar-refractivity contribution in [1.29, 1.82) is 0 Å². The quantitative estimate of drug-likeness (QED) is 0.206. The molecule has 1 heterocycles. The van der Waals surface area contributed by atoms with Crippen LogP contribution in [0.15, 0.2) is 114 Å². The number of hydrogen-bond donors (Lipinski definition) is 0. The molecular formula is C31H33N3. The van der Waals surface area contributed by atoms with Gasteiger partial charge in [0.15, 0.2) is 0 Å². The second kappa shape index (κ2) is 11.2.